The lowest BCUT2D eigenvalue weighted by atomic mass is 9.92. The number of carbonyl (C=O) groups excluding carboxylic acids is 1. The van der Waals surface area contributed by atoms with Crippen molar-refractivity contribution in [1.82, 2.24) is 0 Å². The first kappa shape index (κ1) is 21.2. The van der Waals surface area contributed by atoms with Crippen molar-refractivity contribution in [3.8, 4) is 28.7 Å². The van der Waals surface area contributed by atoms with Crippen molar-refractivity contribution in [3.63, 3.8) is 0 Å². The number of fused-ring (bicyclic) bond motifs is 1. The fourth-order valence-electron chi connectivity index (χ4n) is 3.62. The molecular weight excluding hydrogens is 416 g/mol. The molecule has 2 aromatic carbocycles. The smallest absolute Gasteiger partial charge is 0.203 e. The van der Waals surface area contributed by atoms with E-state index in [1.807, 2.05) is 0 Å². The molecule has 0 saturated carbocycles. The SMILES string of the molecule is O=C1c2c(O)cc(O)cc2OC(c2ccc(O)c(O)c2)C1O[C@@H]1O[C@@H](CO)[C@H](O)[C@H]1O. The second-order valence-electron chi connectivity index (χ2n) is 7.25. The molecule has 4 rings (SSSR count). The van der Waals surface area contributed by atoms with Crippen LogP contribution in [0.15, 0.2) is 30.3 Å². The molecular formula is C20H20O11. The Kier molecular flexibility index (Phi) is 5.37. The van der Waals surface area contributed by atoms with Crippen molar-refractivity contribution < 1.29 is 54.8 Å². The molecule has 166 valence electrons. The van der Waals surface area contributed by atoms with Gasteiger partial charge in [-0.05, 0) is 17.7 Å². The summed E-state index contributed by atoms with van der Waals surface area (Å²) in [7, 11) is 0. The van der Waals surface area contributed by atoms with Gasteiger partial charge in [0, 0.05) is 12.1 Å². The first-order valence-corrected chi connectivity index (χ1v) is 9.28. The van der Waals surface area contributed by atoms with E-state index >= 15 is 0 Å². The lowest BCUT2D eigenvalue weighted by Crippen LogP contribution is -2.44. The molecule has 0 aromatic heterocycles. The van der Waals surface area contributed by atoms with Crippen LogP contribution in [0.3, 0.4) is 0 Å². The van der Waals surface area contributed by atoms with Gasteiger partial charge in [-0.2, -0.15) is 0 Å². The van der Waals surface area contributed by atoms with Crippen molar-refractivity contribution in [3.05, 3.63) is 41.5 Å². The highest BCUT2D eigenvalue weighted by molar-refractivity contribution is 6.05. The molecule has 7 N–H and O–H groups in total. The van der Waals surface area contributed by atoms with Crippen LogP contribution in [0.5, 0.6) is 28.7 Å². The van der Waals surface area contributed by atoms with E-state index in [0.29, 0.717) is 0 Å². The fourth-order valence-corrected chi connectivity index (χ4v) is 3.62. The summed E-state index contributed by atoms with van der Waals surface area (Å²) < 4.78 is 16.7. The van der Waals surface area contributed by atoms with E-state index in [1.165, 1.54) is 6.07 Å². The van der Waals surface area contributed by atoms with E-state index in [9.17, 15) is 40.5 Å². The highest BCUT2D eigenvalue weighted by Crippen LogP contribution is 2.44. The van der Waals surface area contributed by atoms with Gasteiger partial charge in [0.1, 0.15) is 41.1 Å². The third-order valence-electron chi connectivity index (χ3n) is 5.21. The summed E-state index contributed by atoms with van der Waals surface area (Å²) in [6.07, 6.45) is -8.51. The number of carbonyl (C=O) groups is 1. The van der Waals surface area contributed by atoms with Crippen molar-refractivity contribution in [2.24, 2.45) is 0 Å². The predicted octanol–water partition coefficient (Wildman–Crippen LogP) is -0.350. The van der Waals surface area contributed by atoms with Gasteiger partial charge in [-0.1, -0.05) is 6.07 Å². The fraction of sp³-hybridized carbons (Fsp3) is 0.350. The second kappa shape index (κ2) is 7.87. The molecule has 2 unspecified atom stereocenters. The van der Waals surface area contributed by atoms with Gasteiger partial charge in [-0.25, -0.2) is 0 Å². The van der Waals surface area contributed by atoms with Crippen molar-refractivity contribution in [2.75, 3.05) is 6.61 Å². The molecule has 0 amide bonds. The third-order valence-corrected chi connectivity index (χ3v) is 5.21. The number of hydrogen-bond acceptors (Lipinski definition) is 11. The van der Waals surface area contributed by atoms with Crippen LogP contribution >= 0.6 is 0 Å². The number of phenols is 4. The maximum absolute atomic E-state index is 13.2. The molecule has 6 atom stereocenters. The van der Waals surface area contributed by atoms with Gasteiger partial charge in [-0.15, -0.1) is 0 Å². The number of aromatic hydroxyl groups is 4. The molecule has 2 aromatic rings. The maximum atomic E-state index is 13.2. The van der Waals surface area contributed by atoms with E-state index < -0.39 is 66.4 Å². The Bertz CT molecular complexity index is 1010. The van der Waals surface area contributed by atoms with Gasteiger partial charge in [-0.3, -0.25) is 4.79 Å². The number of aliphatic hydroxyl groups excluding tert-OH is 3. The molecule has 11 nitrogen and oxygen atoms in total. The van der Waals surface area contributed by atoms with E-state index in [-0.39, 0.29) is 22.6 Å². The standard InChI is InChI=1S/C20H20O11/c21-6-13-15(26)17(28)20(30-13)31-19-16(27)14-11(25)4-8(22)5-12(14)29-18(19)7-1-2-9(23)10(24)3-7/h1-5,13,15,17-26,28H,6H2/t13-,15-,17+,18?,19?,20-/m0/s1. The summed E-state index contributed by atoms with van der Waals surface area (Å²) in [5.41, 5.74) is -0.0948. The lowest BCUT2D eigenvalue weighted by Gasteiger charge is -2.34. The quantitative estimate of drug-likeness (QED) is 0.311. The first-order valence-electron chi connectivity index (χ1n) is 9.28. The number of ether oxygens (including phenoxy) is 3. The van der Waals surface area contributed by atoms with Crippen LogP contribution in [0.2, 0.25) is 0 Å². The number of hydrogen-bond donors (Lipinski definition) is 7. The Balaban J connectivity index is 1.75. The monoisotopic (exact) mass is 436 g/mol. The van der Waals surface area contributed by atoms with Crippen molar-refractivity contribution >= 4 is 5.78 Å². The van der Waals surface area contributed by atoms with E-state index in [2.05, 4.69) is 0 Å². The average molecular weight is 436 g/mol. The van der Waals surface area contributed by atoms with E-state index in [0.717, 1.165) is 24.3 Å². The zero-order valence-corrected chi connectivity index (χ0v) is 15.8. The molecule has 0 aliphatic carbocycles. The molecule has 1 saturated heterocycles. The summed E-state index contributed by atoms with van der Waals surface area (Å²) in [6.45, 7) is -0.606. The minimum atomic E-state index is -1.59. The Morgan fingerprint density at radius 1 is 0.935 bits per heavy atom. The maximum Gasteiger partial charge on any atom is 0.203 e. The van der Waals surface area contributed by atoms with Crippen LogP contribution in [0.4, 0.5) is 0 Å². The van der Waals surface area contributed by atoms with Crippen molar-refractivity contribution in [2.45, 2.75) is 36.8 Å². The Morgan fingerprint density at radius 2 is 1.68 bits per heavy atom. The topological polar surface area (TPSA) is 186 Å². The van der Waals surface area contributed by atoms with E-state index in [4.69, 9.17) is 14.2 Å². The Hall–Kier alpha value is -3.09. The van der Waals surface area contributed by atoms with Crippen LogP contribution in [0.25, 0.3) is 0 Å². The number of rotatable bonds is 4. The zero-order valence-electron chi connectivity index (χ0n) is 15.8. The molecule has 2 heterocycles. The lowest BCUT2D eigenvalue weighted by molar-refractivity contribution is -0.199. The molecule has 2 aliphatic rings. The van der Waals surface area contributed by atoms with Crippen LogP contribution < -0.4 is 4.74 Å². The third kappa shape index (κ3) is 3.62. The number of phenolic OH excluding ortho intramolecular Hbond substituents is 4. The molecule has 2 aliphatic heterocycles. The van der Waals surface area contributed by atoms with Gasteiger partial charge in [0.2, 0.25) is 5.78 Å². The normalized spacial score (nSPS) is 30.1. The van der Waals surface area contributed by atoms with Gasteiger partial charge in [0.05, 0.1) is 6.61 Å². The summed E-state index contributed by atoms with van der Waals surface area (Å²) in [6, 6.07) is 5.71. The highest BCUT2D eigenvalue weighted by Gasteiger charge is 2.49. The van der Waals surface area contributed by atoms with Gasteiger partial charge >= 0.3 is 0 Å². The largest absolute Gasteiger partial charge is 0.508 e. The van der Waals surface area contributed by atoms with E-state index in [1.54, 1.807) is 0 Å². The molecule has 31 heavy (non-hydrogen) atoms. The minimum absolute atomic E-state index is 0.152. The summed E-state index contributed by atoms with van der Waals surface area (Å²) in [5, 5.41) is 68.7. The van der Waals surface area contributed by atoms with Gasteiger partial charge in [0.15, 0.2) is 30.0 Å². The second-order valence-corrected chi connectivity index (χ2v) is 7.25. The van der Waals surface area contributed by atoms with Crippen LogP contribution in [0, 0.1) is 0 Å². The van der Waals surface area contributed by atoms with Gasteiger partial charge < -0.3 is 50.0 Å². The molecule has 0 bridgehead atoms. The minimum Gasteiger partial charge on any atom is -0.508 e. The zero-order chi connectivity index (χ0) is 22.4. The average Bonchev–Trinajstić information content (AvgIpc) is 2.99. The Morgan fingerprint density at radius 3 is 2.32 bits per heavy atom. The number of aliphatic hydroxyl groups is 3. The number of benzene rings is 2. The molecule has 1 fully saturated rings. The van der Waals surface area contributed by atoms with Gasteiger partial charge in [0.25, 0.3) is 0 Å². The number of ketones is 1. The Labute approximate surface area is 174 Å². The molecule has 11 heteroatoms. The highest BCUT2D eigenvalue weighted by atomic mass is 16.7. The van der Waals surface area contributed by atoms with Crippen LogP contribution in [-0.2, 0) is 9.47 Å². The summed E-state index contributed by atoms with van der Waals surface area (Å²) >= 11 is 0. The molecule has 0 spiro atoms. The molecule has 0 radical (unpaired) electrons. The van der Waals surface area contributed by atoms with Crippen LogP contribution in [0.1, 0.15) is 22.0 Å². The summed E-state index contributed by atoms with van der Waals surface area (Å²) in [5.74, 6) is -2.77. The predicted molar refractivity (Wildman–Crippen MR) is 99.9 cm³/mol. The number of Topliss-reactive ketones (excluding diaryl/α,β-unsaturated/α-hetero) is 1. The van der Waals surface area contributed by atoms with Crippen LogP contribution in [-0.4, -0.2) is 78.8 Å². The first-order chi connectivity index (χ1) is 14.7. The summed E-state index contributed by atoms with van der Waals surface area (Å²) in [4.78, 5) is 13.2. The van der Waals surface area contributed by atoms with Crippen molar-refractivity contribution in [1.29, 1.82) is 0 Å².